The van der Waals surface area contributed by atoms with Crippen molar-refractivity contribution < 1.29 is 0 Å². The molecule has 0 N–H and O–H groups in total. The highest BCUT2D eigenvalue weighted by molar-refractivity contribution is 6.25. The molecule has 0 radical (unpaired) electrons. The van der Waals surface area contributed by atoms with E-state index in [4.69, 9.17) is 0 Å². The van der Waals surface area contributed by atoms with Gasteiger partial charge in [-0.25, -0.2) is 0 Å². The quantitative estimate of drug-likeness (QED) is 0.165. The summed E-state index contributed by atoms with van der Waals surface area (Å²) in [6, 6.07) is 63.1. The number of aryl methyl sites for hydroxylation is 3. The Kier molecular flexibility index (Phi) is 7.39. The molecule has 0 amide bonds. The largest absolute Gasteiger partial charge is 0.310 e. The Morgan fingerprint density at radius 2 is 0.885 bits per heavy atom. The summed E-state index contributed by atoms with van der Waals surface area (Å²) in [5.74, 6) is 0. The normalized spacial score (nSPS) is 12.8. The summed E-state index contributed by atoms with van der Waals surface area (Å²) in [6.07, 6.45) is 4.89. The number of hydrogen-bond donors (Lipinski definition) is 0. The van der Waals surface area contributed by atoms with Crippen molar-refractivity contribution in [3.63, 3.8) is 0 Å². The smallest absolute Gasteiger partial charge is 0.0493 e. The summed E-state index contributed by atoms with van der Waals surface area (Å²) < 4.78 is 0. The van der Waals surface area contributed by atoms with Gasteiger partial charge >= 0.3 is 0 Å². The van der Waals surface area contributed by atoms with Crippen LogP contribution in [0.3, 0.4) is 0 Å². The van der Waals surface area contributed by atoms with Gasteiger partial charge in [-0.1, -0.05) is 133 Å². The zero-order valence-corrected chi connectivity index (χ0v) is 29.4. The molecule has 1 heteroatoms. The second-order valence-corrected chi connectivity index (χ2v) is 14.4. The molecule has 9 aromatic carbocycles. The van der Waals surface area contributed by atoms with Gasteiger partial charge in [-0.2, -0.15) is 0 Å². The molecule has 0 aromatic heterocycles. The maximum absolute atomic E-state index is 2.47. The number of anilines is 3. The van der Waals surface area contributed by atoms with E-state index in [0.29, 0.717) is 0 Å². The lowest BCUT2D eigenvalue weighted by molar-refractivity contribution is 0.685. The van der Waals surface area contributed by atoms with Gasteiger partial charge in [-0.05, 0) is 151 Å². The Bertz CT molecular complexity index is 2750. The topological polar surface area (TPSA) is 3.24 Å². The molecule has 0 heterocycles. The lowest BCUT2D eigenvalue weighted by Crippen LogP contribution is -2.13. The van der Waals surface area contributed by atoms with Crippen LogP contribution in [0.15, 0.2) is 170 Å². The van der Waals surface area contributed by atoms with E-state index in [0.717, 1.165) is 12.1 Å². The fourth-order valence-electron chi connectivity index (χ4n) is 8.72. The van der Waals surface area contributed by atoms with Gasteiger partial charge in [0, 0.05) is 17.1 Å². The van der Waals surface area contributed by atoms with Crippen LogP contribution in [0.1, 0.15) is 29.5 Å². The van der Waals surface area contributed by atoms with Crippen LogP contribution in [-0.4, -0.2) is 0 Å². The van der Waals surface area contributed by atoms with Crippen molar-refractivity contribution in [2.45, 2.75) is 32.6 Å². The zero-order valence-electron chi connectivity index (χ0n) is 29.4. The van der Waals surface area contributed by atoms with Crippen LogP contribution in [0.2, 0.25) is 0 Å². The summed E-state index contributed by atoms with van der Waals surface area (Å²) in [5.41, 5.74) is 12.9. The molecular weight excluding hydrogens is 627 g/mol. The van der Waals surface area contributed by atoms with E-state index in [2.05, 4.69) is 182 Å². The minimum absolute atomic E-state index is 1.15. The fourth-order valence-corrected chi connectivity index (χ4v) is 8.72. The molecule has 52 heavy (non-hydrogen) atoms. The number of nitrogens with zero attached hydrogens (tertiary/aromatic N) is 1. The van der Waals surface area contributed by atoms with Crippen LogP contribution >= 0.6 is 0 Å². The second-order valence-electron chi connectivity index (χ2n) is 14.4. The lowest BCUT2D eigenvalue weighted by atomic mass is 9.89. The average molecular weight is 666 g/mol. The van der Waals surface area contributed by atoms with Gasteiger partial charge < -0.3 is 4.90 Å². The number of hydrogen-bond acceptors (Lipinski definition) is 1. The van der Waals surface area contributed by atoms with Crippen LogP contribution in [0.5, 0.6) is 0 Å². The molecule has 0 fully saturated rings. The molecule has 1 nitrogen and oxygen atoms in total. The summed E-state index contributed by atoms with van der Waals surface area (Å²) in [6.45, 7) is 2.28. The van der Waals surface area contributed by atoms with Crippen molar-refractivity contribution in [3.05, 3.63) is 187 Å². The Morgan fingerprint density at radius 3 is 1.54 bits per heavy atom. The molecule has 0 spiro atoms. The molecule has 0 atom stereocenters. The number of benzene rings is 9. The number of fused-ring (bicyclic) bond motifs is 8. The van der Waals surface area contributed by atoms with Gasteiger partial charge in [-0.15, -0.1) is 0 Å². The highest BCUT2D eigenvalue weighted by Crippen LogP contribution is 2.42. The Balaban J connectivity index is 1.08. The molecule has 1 aliphatic carbocycles. The first-order valence-electron chi connectivity index (χ1n) is 18.6. The van der Waals surface area contributed by atoms with Crippen LogP contribution in [0, 0.1) is 6.92 Å². The summed E-state index contributed by atoms with van der Waals surface area (Å²) in [7, 11) is 0. The predicted molar refractivity (Wildman–Crippen MR) is 223 cm³/mol. The Hall–Kier alpha value is -6.18. The van der Waals surface area contributed by atoms with Crippen LogP contribution in [0.25, 0.3) is 65.3 Å². The van der Waals surface area contributed by atoms with E-state index < -0.39 is 0 Å². The van der Waals surface area contributed by atoms with Crippen LogP contribution < -0.4 is 4.90 Å². The Labute approximate surface area is 305 Å². The van der Waals surface area contributed by atoms with Crippen molar-refractivity contribution in [1.29, 1.82) is 0 Å². The minimum Gasteiger partial charge on any atom is -0.310 e. The Morgan fingerprint density at radius 1 is 0.385 bits per heavy atom. The van der Waals surface area contributed by atoms with Crippen LogP contribution in [0.4, 0.5) is 17.1 Å². The van der Waals surface area contributed by atoms with Crippen molar-refractivity contribution in [3.8, 4) is 22.3 Å². The first-order chi connectivity index (χ1) is 25.7. The van der Waals surface area contributed by atoms with Gasteiger partial charge in [0.2, 0.25) is 0 Å². The van der Waals surface area contributed by atoms with E-state index in [-0.39, 0.29) is 0 Å². The van der Waals surface area contributed by atoms with Gasteiger partial charge in [0.1, 0.15) is 0 Å². The van der Waals surface area contributed by atoms with E-state index in [1.807, 2.05) is 0 Å². The first-order valence-corrected chi connectivity index (χ1v) is 18.6. The van der Waals surface area contributed by atoms with Gasteiger partial charge in [0.25, 0.3) is 0 Å². The summed E-state index contributed by atoms with van der Waals surface area (Å²) in [5, 5.41) is 10.4. The van der Waals surface area contributed by atoms with Crippen molar-refractivity contribution in [1.82, 2.24) is 0 Å². The summed E-state index contributed by atoms with van der Waals surface area (Å²) >= 11 is 0. The molecule has 0 saturated carbocycles. The minimum atomic E-state index is 1.15. The third-order valence-corrected chi connectivity index (χ3v) is 11.3. The van der Waals surface area contributed by atoms with Gasteiger partial charge in [0.05, 0.1) is 0 Å². The van der Waals surface area contributed by atoms with Crippen LogP contribution in [-0.2, 0) is 12.8 Å². The average Bonchev–Trinajstić information content (AvgIpc) is 3.21. The van der Waals surface area contributed by atoms with E-state index in [1.165, 1.54) is 113 Å². The monoisotopic (exact) mass is 665 g/mol. The highest BCUT2D eigenvalue weighted by atomic mass is 15.1. The molecule has 0 bridgehead atoms. The van der Waals surface area contributed by atoms with Crippen molar-refractivity contribution in [2.24, 2.45) is 0 Å². The fraction of sp³-hybridized carbons (Fsp3) is 0.0980. The predicted octanol–water partition coefficient (Wildman–Crippen LogP) is 14.3. The zero-order chi connectivity index (χ0) is 34.6. The summed E-state index contributed by atoms with van der Waals surface area (Å²) in [4.78, 5) is 2.46. The van der Waals surface area contributed by atoms with E-state index in [1.54, 1.807) is 0 Å². The highest BCUT2D eigenvalue weighted by Gasteiger charge is 2.20. The molecular formula is C51H39N. The van der Waals surface area contributed by atoms with Gasteiger partial charge in [0.15, 0.2) is 0 Å². The molecule has 0 saturated heterocycles. The maximum atomic E-state index is 2.47. The van der Waals surface area contributed by atoms with Crippen molar-refractivity contribution >= 4 is 60.2 Å². The third kappa shape index (κ3) is 5.16. The first kappa shape index (κ1) is 30.6. The molecule has 9 aromatic rings. The number of rotatable bonds is 5. The second kappa shape index (κ2) is 12.5. The molecule has 1 aliphatic rings. The SMILES string of the molecule is Cc1cc2c(cc1N(c1ccc(-c3ccc4c5ccccc5c5ccccc5c4c3)cc1)c1ccc(-c3cccc4ccccc34)cc1)CCCC2. The lowest BCUT2D eigenvalue weighted by Gasteiger charge is -2.29. The third-order valence-electron chi connectivity index (χ3n) is 11.3. The molecule has 10 rings (SSSR count). The standard InChI is InChI=1S/C51H39N/c1-34-31-38-12-2-3-13-39(38)33-51(34)52(42-28-23-37(24-29-42)44-20-10-14-36-11-4-5-15-43(36)44)41-26-21-35(22-27-41)40-25-30-49-47-18-7-6-16-45(47)46-17-8-9-19-48(46)50(49)32-40/h4-11,14-33H,2-3,12-13H2,1H3. The molecule has 0 aliphatic heterocycles. The van der Waals surface area contributed by atoms with Crippen molar-refractivity contribution in [2.75, 3.05) is 4.90 Å². The maximum Gasteiger partial charge on any atom is 0.0493 e. The van der Waals surface area contributed by atoms with E-state index in [9.17, 15) is 0 Å². The van der Waals surface area contributed by atoms with E-state index >= 15 is 0 Å². The molecule has 0 unspecified atom stereocenters. The molecule has 248 valence electrons. The van der Waals surface area contributed by atoms with Gasteiger partial charge in [-0.3, -0.25) is 0 Å².